The van der Waals surface area contributed by atoms with Crippen LogP contribution in [0.25, 0.3) is 11.2 Å². The molecule has 10 nitrogen and oxygen atoms in total. The summed E-state index contributed by atoms with van der Waals surface area (Å²) in [7, 11) is -4.24. The summed E-state index contributed by atoms with van der Waals surface area (Å²) in [4.78, 5) is 32.6. The Morgan fingerprint density at radius 2 is 2.24 bits per heavy atom. The molecule has 2 atom stereocenters. The number of nitrogen functional groups attached to an aromatic ring is 1. The Kier molecular flexibility index (Phi) is 3.47. The predicted molar refractivity (Wildman–Crippen MR) is 70.8 cm³/mol. The summed E-state index contributed by atoms with van der Waals surface area (Å²) in [5.74, 6) is 0.537. The van der Waals surface area contributed by atoms with Gasteiger partial charge in [-0.05, 0) is 12.2 Å². The minimum absolute atomic E-state index is 0.240. The Balaban J connectivity index is 1.73. The van der Waals surface area contributed by atoms with E-state index in [9.17, 15) is 4.57 Å². The monoisotopic (exact) mass is 313 g/mol. The van der Waals surface area contributed by atoms with Crippen molar-refractivity contribution in [2.24, 2.45) is 0 Å². The maximum Gasteiger partial charge on any atom is 0.351 e. The molecule has 1 aliphatic heterocycles. The second kappa shape index (κ2) is 5.17. The lowest BCUT2D eigenvalue weighted by atomic mass is 10.3. The highest BCUT2D eigenvalue weighted by atomic mass is 31.2. The van der Waals surface area contributed by atoms with Gasteiger partial charge in [-0.1, -0.05) is 0 Å². The fraction of sp³-hybridized carbons (Fsp3) is 0.300. The molecule has 1 aliphatic rings. The molecule has 0 saturated carbocycles. The molecule has 0 fully saturated rings. The van der Waals surface area contributed by atoms with E-state index in [1.807, 2.05) is 0 Å². The number of nitrogens with two attached hydrogens (primary N) is 1. The van der Waals surface area contributed by atoms with Gasteiger partial charge in [0.25, 0.3) is 0 Å². The molecule has 0 aromatic carbocycles. The van der Waals surface area contributed by atoms with Crippen molar-refractivity contribution in [1.29, 1.82) is 0 Å². The number of rotatable bonds is 4. The molecule has 21 heavy (non-hydrogen) atoms. The summed E-state index contributed by atoms with van der Waals surface area (Å²) in [6.07, 6.45) is 2.39. The Labute approximate surface area is 118 Å². The average molecular weight is 313 g/mol. The predicted octanol–water partition coefficient (Wildman–Crippen LogP) is 0.0405. The van der Waals surface area contributed by atoms with Crippen LogP contribution in [0.15, 0.2) is 18.5 Å². The highest BCUT2D eigenvalue weighted by Crippen LogP contribution is 2.36. The van der Waals surface area contributed by atoms with Crippen LogP contribution in [0.1, 0.15) is 11.9 Å². The zero-order valence-corrected chi connectivity index (χ0v) is 11.5. The number of anilines is 1. The molecule has 0 aliphatic carbocycles. The third kappa shape index (κ3) is 3.09. The molecule has 0 bridgehead atoms. The summed E-state index contributed by atoms with van der Waals surface area (Å²) in [5.41, 5.74) is 6.73. The first-order chi connectivity index (χ1) is 9.92. The highest BCUT2D eigenvalue weighted by Gasteiger charge is 2.26. The van der Waals surface area contributed by atoms with E-state index in [0.717, 1.165) is 0 Å². The van der Waals surface area contributed by atoms with Gasteiger partial charge in [-0.3, -0.25) is 4.57 Å². The number of hydrogen-bond acceptors (Lipinski definition) is 7. The van der Waals surface area contributed by atoms with Crippen LogP contribution in [0, 0.1) is 0 Å². The van der Waals surface area contributed by atoms with Gasteiger partial charge in [0.2, 0.25) is 0 Å². The molecule has 5 N–H and O–H groups in total. The third-order valence-corrected chi connectivity index (χ3v) is 3.20. The van der Waals surface area contributed by atoms with Crippen LogP contribution in [0.5, 0.6) is 0 Å². The van der Waals surface area contributed by atoms with Gasteiger partial charge in [0.15, 0.2) is 29.9 Å². The van der Waals surface area contributed by atoms with Crippen LogP contribution in [-0.2, 0) is 14.0 Å². The van der Waals surface area contributed by atoms with Crippen LogP contribution in [0.3, 0.4) is 0 Å². The Morgan fingerprint density at radius 3 is 3.00 bits per heavy atom. The number of fused-ring (bicyclic) bond motifs is 1. The number of aromatic nitrogens is 4. The van der Waals surface area contributed by atoms with Gasteiger partial charge >= 0.3 is 7.60 Å². The zero-order chi connectivity index (χ0) is 15.0. The summed E-state index contributed by atoms with van der Waals surface area (Å²) >= 11 is 0. The van der Waals surface area contributed by atoms with Gasteiger partial charge in [-0.2, -0.15) is 0 Å². The smallest absolute Gasteiger partial charge is 0.351 e. The molecule has 0 saturated heterocycles. The van der Waals surface area contributed by atoms with Crippen molar-refractivity contribution in [3.63, 3.8) is 0 Å². The first-order valence-electron chi connectivity index (χ1n) is 5.89. The van der Waals surface area contributed by atoms with Gasteiger partial charge in [-0.15, -0.1) is 0 Å². The van der Waals surface area contributed by atoms with E-state index < -0.39 is 26.3 Å². The molecule has 0 amide bonds. The summed E-state index contributed by atoms with van der Waals surface area (Å²) in [6.45, 7) is 0. The Hall–Kier alpha value is -1.84. The van der Waals surface area contributed by atoms with Crippen molar-refractivity contribution in [2.45, 2.75) is 12.4 Å². The van der Waals surface area contributed by atoms with Gasteiger partial charge in [-0.25, -0.2) is 15.0 Å². The SMILES string of the molecule is Nc1nc(C2C=CC(OCP(=O)(O)O)O2)nc2nc[nH]c12. The van der Waals surface area contributed by atoms with Crippen molar-refractivity contribution in [3.05, 3.63) is 24.3 Å². The number of H-pyrrole nitrogens is 1. The van der Waals surface area contributed by atoms with Crippen molar-refractivity contribution in [2.75, 3.05) is 12.1 Å². The van der Waals surface area contributed by atoms with Gasteiger partial charge in [0, 0.05) is 0 Å². The second-order valence-electron chi connectivity index (χ2n) is 4.34. The fourth-order valence-electron chi connectivity index (χ4n) is 1.84. The number of hydrogen-bond donors (Lipinski definition) is 4. The third-order valence-electron chi connectivity index (χ3n) is 2.72. The minimum atomic E-state index is -4.24. The summed E-state index contributed by atoms with van der Waals surface area (Å²) in [6, 6.07) is 0. The number of nitrogens with one attached hydrogen (secondary N) is 1. The van der Waals surface area contributed by atoms with Gasteiger partial charge in [0.05, 0.1) is 6.33 Å². The standard InChI is InChI=1S/C10H12N5O5P/c11-8-7-10(13-3-12-7)15-9(14-8)5-1-2-6(20-5)19-4-21(16,17)18/h1-3,5-6H,4H2,(H2,16,17,18)(H3,11,12,13,14,15). The van der Waals surface area contributed by atoms with Crippen molar-refractivity contribution >= 4 is 24.6 Å². The molecule has 3 heterocycles. The molecule has 11 heteroatoms. The molecule has 2 aromatic heterocycles. The van der Waals surface area contributed by atoms with E-state index >= 15 is 0 Å². The normalized spacial score (nSPS) is 22.2. The largest absolute Gasteiger partial charge is 0.382 e. The lowest BCUT2D eigenvalue weighted by Gasteiger charge is -2.14. The fourth-order valence-corrected chi connectivity index (χ4v) is 2.18. The molecule has 0 spiro atoms. The molecule has 2 unspecified atom stereocenters. The maximum absolute atomic E-state index is 10.7. The second-order valence-corrected chi connectivity index (χ2v) is 5.93. The molecule has 0 radical (unpaired) electrons. The van der Waals surface area contributed by atoms with Crippen LogP contribution in [0.4, 0.5) is 5.82 Å². The molecule has 3 rings (SSSR count). The van der Waals surface area contributed by atoms with E-state index in [2.05, 4.69) is 19.9 Å². The van der Waals surface area contributed by atoms with Crippen molar-refractivity contribution in [1.82, 2.24) is 19.9 Å². The van der Waals surface area contributed by atoms with Crippen LogP contribution in [-0.4, -0.2) is 42.4 Å². The maximum atomic E-state index is 10.7. The van der Waals surface area contributed by atoms with Crippen LogP contribution in [0.2, 0.25) is 0 Å². The summed E-state index contributed by atoms with van der Waals surface area (Å²) in [5, 5.41) is 0. The number of imidazole rings is 1. The van der Waals surface area contributed by atoms with Crippen LogP contribution < -0.4 is 5.73 Å². The highest BCUT2D eigenvalue weighted by molar-refractivity contribution is 7.51. The lowest BCUT2D eigenvalue weighted by molar-refractivity contribution is -0.110. The van der Waals surface area contributed by atoms with Crippen molar-refractivity contribution < 1.29 is 23.8 Å². The van der Waals surface area contributed by atoms with Crippen molar-refractivity contribution in [3.8, 4) is 0 Å². The van der Waals surface area contributed by atoms with E-state index in [0.29, 0.717) is 17.0 Å². The first kappa shape index (κ1) is 14.1. The van der Waals surface area contributed by atoms with Gasteiger partial charge < -0.3 is 30.0 Å². The van der Waals surface area contributed by atoms with E-state index in [4.69, 9.17) is 25.0 Å². The number of nitrogens with zero attached hydrogens (tertiary/aromatic N) is 3. The Morgan fingerprint density at radius 1 is 1.43 bits per heavy atom. The molecule has 112 valence electrons. The zero-order valence-electron chi connectivity index (χ0n) is 10.6. The van der Waals surface area contributed by atoms with E-state index in [1.165, 1.54) is 12.4 Å². The first-order valence-corrected chi connectivity index (χ1v) is 7.68. The number of ether oxygens (including phenoxy) is 2. The van der Waals surface area contributed by atoms with Gasteiger partial charge in [0.1, 0.15) is 11.6 Å². The van der Waals surface area contributed by atoms with E-state index in [1.54, 1.807) is 6.08 Å². The van der Waals surface area contributed by atoms with Crippen LogP contribution >= 0.6 is 7.60 Å². The average Bonchev–Trinajstić information content (AvgIpc) is 3.04. The summed E-state index contributed by atoms with van der Waals surface area (Å²) < 4.78 is 21.1. The molecule has 2 aromatic rings. The molecular weight excluding hydrogens is 301 g/mol. The number of aromatic amines is 1. The lowest BCUT2D eigenvalue weighted by Crippen LogP contribution is -2.14. The Bertz CT molecular complexity index is 741. The molecular formula is C10H12N5O5P. The minimum Gasteiger partial charge on any atom is -0.382 e. The quantitative estimate of drug-likeness (QED) is 0.452. The topological polar surface area (TPSA) is 156 Å². The van der Waals surface area contributed by atoms with E-state index in [-0.39, 0.29) is 5.82 Å².